The summed E-state index contributed by atoms with van der Waals surface area (Å²) in [7, 11) is 0. The van der Waals surface area contributed by atoms with Crippen LogP contribution in [0.2, 0.25) is 0 Å². The summed E-state index contributed by atoms with van der Waals surface area (Å²) in [5.74, 6) is -0.497. The van der Waals surface area contributed by atoms with Gasteiger partial charge in [0, 0.05) is 21.1 Å². The Morgan fingerprint density at radius 1 is 1.00 bits per heavy atom. The van der Waals surface area contributed by atoms with E-state index in [2.05, 4.69) is 16.0 Å². The van der Waals surface area contributed by atoms with Crippen LogP contribution in [-0.2, 0) is 22.4 Å². The molecular formula is C28H31N3O3S3. The second-order valence-electron chi connectivity index (χ2n) is 8.71. The van der Waals surface area contributed by atoms with Crippen molar-refractivity contribution < 1.29 is 14.3 Å². The van der Waals surface area contributed by atoms with E-state index in [0.29, 0.717) is 22.3 Å². The molecule has 1 atom stereocenters. The molecule has 0 radical (unpaired) electrons. The van der Waals surface area contributed by atoms with Crippen LogP contribution in [0.15, 0.2) is 59.5 Å². The molecule has 37 heavy (non-hydrogen) atoms. The maximum absolute atomic E-state index is 13.2. The molecule has 9 heteroatoms. The first-order valence-electron chi connectivity index (χ1n) is 12.5. The number of thiocarbonyl (C=S) groups is 1. The number of rotatable bonds is 8. The highest BCUT2D eigenvalue weighted by molar-refractivity contribution is 8.00. The van der Waals surface area contributed by atoms with Crippen LogP contribution in [0, 0.1) is 0 Å². The van der Waals surface area contributed by atoms with Crippen molar-refractivity contribution in [3.8, 4) is 0 Å². The molecule has 0 saturated carbocycles. The molecule has 3 N–H and O–H groups in total. The molecule has 1 aliphatic carbocycles. The average Bonchev–Trinajstić information content (AvgIpc) is 3.05. The third kappa shape index (κ3) is 7.34. The molecule has 2 aromatic carbocycles. The maximum atomic E-state index is 13.2. The Balaban J connectivity index is 1.41. The second kappa shape index (κ2) is 13.1. The Morgan fingerprint density at radius 2 is 1.73 bits per heavy atom. The highest BCUT2D eigenvalue weighted by Crippen LogP contribution is 2.38. The van der Waals surface area contributed by atoms with Gasteiger partial charge in [0.05, 0.1) is 17.4 Å². The summed E-state index contributed by atoms with van der Waals surface area (Å²) in [5.41, 5.74) is 3.33. The zero-order valence-electron chi connectivity index (χ0n) is 21.0. The van der Waals surface area contributed by atoms with Gasteiger partial charge in [-0.15, -0.1) is 23.1 Å². The van der Waals surface area contributed by atoms with Crippen LogP contribution < -0.4 is 16.0 Å². The first kappa shape index (κ1) is 27.2. The predicted octanol–water partition coefficient (Wildman–Crippen LogP) is 7.12. The van der Waals surface area contributed by atoms with Crippen LogP contribution in [0.1, 0.15) is 53.9 Å². The number of para-hydroxylation sites is 1. The number of thioether (sulfide) groups is 1. The lowest BCUT2D eigenvalue weighted by Crippen LogP contribution is -2.23. The summed E-state index contributed by atoms with van der Waals surface area (Å²) in [5, 5.41) is 10.1. The van der Waals surface area contributed by atoms with Gasteiger partial charge >= 0.3 is 5.97 Å². The van der Waals surface area contributed by atoms with E-state index in [1.807, 2.05) is 61.5 Å². The van der Waals surface area contributed by atoms with Gasteiger partial charge in [0.1, 0.15) is 5.00 Å². The number of carbonyl (C=O) groups is 2. The van der Waals surface area contributed by atoms with Crippen molar-refractivity contribution in [3.05, 3.63) is 70.6 Å². The van der Waals surface area contributed by atoms with Crippen molar-refractivity contribution in [2.45, 2.75) is 56.1 Å². The predicted molar refractivity (Wildman–Crippen MR) is 158 cm³/mol. The maximum Gasteiger partial charge on any atom is 0.341 e. The highest BCUT2D eigenvalue weighted by Gasteiger charge is 2.27. The number of hydrogen-bond acceptors (Lipinski definition) is 6. The van der Waals surface area contributed by atoms with Crippen LogP contribution in [0.4, 0.5) is 16.4 Å². The molecule has 0 bridgehead atoms. The van der Waals surface area contributed by atoms with E-state index in [4.69, 9.17) is 17.0 Å². The topological polar surface area (TPSA) is 79.5 Å². The molecule has 0 spiro atoms. The summed E-state index contributed by atoms with van der Waals surface area (Å²) < 4.78 is 5.34. The monoisotopic (exact) mass is 553 g/mol. The largest absolute Gasteiger partial charge is 0.462 e. The number of aryl methyl sites for hydroxylation is 1. The van der Waals surface area contributed by atoms with Crippen LogP contribution in [0.25, 0.3) is 0 Å². The van der Waals surface area contributed by atoms with Crippen LogP contribution in [0.5, 0.6) is 0 Å². The van der Waals surface area contributed by atoms with E-state index in [1.54, 1.807) is 6.92 Å². The molecule has 0 aliphatic heterocycles. The number of amides is 1. The third-order valence-corrected chi connectivity index (χ3v) is 8.45. The molecule has 6 nitrogen and oxygen atoms in total. The van der Waals surface area contributed by atoms with Crippen LogP contribution in [0.3, 0.4) is 0 Å². The van der Waals surface area contributed by atoms with Gasteiger partial charge in [0.15, 0.2) is 5.11 Å². The van der Waals surface area contributed by atoms with Gasteiger partial charge in [-0.1, -0.05) is 30.7 Å². The van der Waals surface area contributed by atoms with Gasteiger partial charge in [-0.2, -0.15) is 0 Å². The number of benzene rings is 2. The quantitative estimate of drug-likeness (QED) is 0.119. The first-order valence-corrected chi connectivity index (χ1v) is 14.6. The van der Waals surface area contributed by atoms with Crippen molar-refractivity contribution >= 4 is 68.7 Å². The van der Waals surface area contributed by atoms with Gasteiger partial charge in [-0.05, 0) is 87.6 Å². The molecule has 3 aromatic rings. The minimum atomic E-state index is -0.374. The molecule has 1 aliphatic rings. The number of anilines is 3. The minimum absolute atomic E-state index is 0.147. The van der Waals surface area contributed by atoms with E-state index in [0.717, 1.165) is 53.9 Å². The van der Waals surface area contributed by atoms with Crippen molar-refractivity contribution in [1.29, 1.82) is 0 Å². The summed E-state index contributed by atoms with van der Waals surface area (Å²) >= 11 is 8.40. The lowest BCUT2D eigenvalue weighted by Gasteiger charge is -2.14. The first-order chi connectivity index (χ1) is 17.9. The molecule has 4 rings (SSSR count). The number of carbonyl (C=O) groups excluding carboxylic acids is 2. The van der Waals surface area contributed by atoms with Crippen molar-refractivity contribution in [3.63, 3.8) is 0 Å². The Labute approximate surface area is 231 Å². The molecule has 0 saturated heterocycles. The fourth-order valence-corrected chi connectivity index (χ4v) is 6.63. The van der Waals surface area contributed by atoms with Gasteiger partial charge in [-0.25, -0.2) is 4.79 Å². The zero-order valence-corrected chi connectivity index (χ0v) is 23.4. The smallest absolute Gasteiger partial charge is 0.341 e. The van der Waals surface area contributed by atoms with Crippen LogP contribution >= 0.6 is 35.3 Å². The lowest BCUT2D eigenvalue weighted by molar-refractivity contribution is -0.115. The number of ether oxygens (including phenoxy) is 1. The number of fused-ring (bicyclic) bond motifs is 1. The second-order valence-corrected chi connectivity index (χ2v) is 11.6. The Kier molecular flexibility index (Phi) is 9.60. The number of hydrogen-bond donors (Lipinski definition) is 3. The van der Waals surface area contributed by atoms with E-state index in [9.17, 15) is 9.59 Å². The molecular weight excluding hydrogens is 523 g/mol. The van der Waals surface area contributed by atoms with E-state index < -0.39 is 0 Å². The van der Waals surface area contributed by atoms with E-state index >= 15 is 0 Å². The van der Waals surface area contributed by atoms with Crippen LogP contribution in [-0.4, -0.2) is 28.8 Å². The lowest BCUT2D eigenvalue weighted by atomic mass is 10.1. The van der Waals surface area contributed by atoms with Gasteiger partial charge < -0.3 is 20.7 Å². The third-order valence-electron chi connectivity index (χ3n) is 5.94. The average molecular weight is 554 g/mol. The Bertz CT molecular complexity index is 1260. The number of nitrogens with one attached hydrogen (secondary N) is 3. The van der Waals surface area contributed by atoms with Crippen molar-refractivity contribution in [2.24, 2.45) is 0 Å². The number of thiophene rings is 1. The van der Waals surface area contributed by atoms with E-state index in [1.165, 1.54) is 28.0 Å². The standard InChI is InChI=1S/C28H31N3O3S3/c1-3-34-27(33)24-22-15-8-5-9-16-23(22)37-26(24)31-25(32)18(2)36-21-14-10-13-20(17-21)30-28(35)29-19-11-6-4-7-12-19/h4,6-7,10-14,17-18H,3,5,8-9,15-16H2,1-2H3,(H,31,32)(H2,29,30,35). The van der Waals surface area contributed by atoms with Crippen molar-refractivity contribution in [2.75, 3.05) is 22.6 Å². The summed E-state index contributed by atoms with van der Waals surface area (Å²) in [6, 6.07) is 17.5. The van der Waals surface area contributed by atoms with E-state index in [-0.39, 0.29) is 17.1 Å². The summed E-state index contributed by atoms with van der Waals surface area (Å²) in [6.07, 6.45) is 5.09. The SMILES string of the molecule is CCOC(=O)c1c(NC(=O)C(C)Sc2cccc(NC(=S)Nc3ccccc3)c2)sc2c1CCCCC2. The Hall–Kier alpha value is -2.88. The normalized spacial score (nSPS) is 13.6. The minimum Gasteiger partial charge on any atom is -0.462 e. The molecule has 1 heterocycles. The molecule has 1 amide bonds. The molecule has 1 aromatic heterocycles. The highest BCUT2D eigenvalue weighted by atomic mass is 32.2. The number of esters is 1. The fourth-order valence-electron chi connectivity index (χ4n) is 4.18. The summed E-state index contributed by atoms with van der Waals surface area (Å²) in [4.78, 5) is 28.1. The van der Waals surface area contributed by atoms with Crippen molar-refractivity contribution in [1.82, 2.24) is 0 Å². The Morgan fingerprint density at radius 3 is 2.51 bits per heavy atom. The zero-order chi connectivity index (χ0) is 26.2. The molecule has 1 unspecified atom stereocenters. The summed E-state index contributed by atoms with van der Waals surface area (Å²) in [6.45, 7) is 3.97. The molecule has 0 fully saturated rings. The van der Waals surface area contributed by atoms with Gasteiger partial charge in [0.2, 0.25) is 5.91 Å². The van der Waals surface area contributed by atoms with Gasteiger partial charge in [-0.3, -0.25) is 4.79 Å². The molecule has 194 valence electrons. The fraction of sp³-hybridized carbons (Fsp3) is 0.321. The van der Waals surface area contributed by atoms with Gasteiger partial charge in [0.25, 0.3) is 0 Å².